The lowest BCUT2D eigenvalue weighted by Gasteiger charge is -2.24. The third-order valence-electron chi connectivity index (χ3n) is 7.47. The van der Waals surface area contributed by atoms with Crippen LogP contribution >= 0.6 is 11.3 Å². The molecule has 0 N–H and O–H groups in total. The highest BCUT2D eigenvalue weighted by atomic mass is 32.1. The highest BCUT2D eigenvalue weighted by Crippen LogP contribution is 2.44. The van der Waals surface area contributed by atoms with Crippen LogP contribution in [0.3, 0.4) is 0 Å². The van der Waals surface area contributed by atoms with Crippen LogP contribution in [-0.2, 0) is 18.3 Å². The SMILES string of the molecule is Cc1c(-c2ccc3c(c2)CC(F)(F)CC3)sc2c(-c3cc(C(C)(C)C)c4ccccc4c3)nccc12. The molecule has 4 heteroatoms. The highest BCUT2D eigenvalue weighted by Gasteiger charge is 2.34. The normalized spacial score (nSPS) is 15.4. The zero-order chi connectivity index (χ0) is 25.2. The van der Waals surface area contributed by atoms with Gasteiger partial charge in [0.2, 0.25) is 0 Å². The molecule has 0 radical (unpaired) electrons. The van der Waals surface area contributed by atoms with Gasteiger partial charge in [0.1, 0.15) is 0 Å². The van der Waals surface area contributed by atoms with Crippen LogP contribution in [0.5, 0.6) is 0 Å². The van der Waals surface area contributed by atoms with Crippen molar-refractivity contribution in [3.05, 3.63) is 89.1 Å². The zero-order valence-corrected chi connectivity index (χ0v) is 21.9. The Balaban J connectivity index is 1.53. The fraction of sp³-hybridized carbons (Fsp3) is 0.281. The number of rotatable bonds is 2. The van der Waals surface area contributed by atoms with Gasteiger partial charge in [0, 0.05) is 29.5 Å². The molecule has 0 saturated heterocycles. The van der Waals surface area contributed by atoms with Crippen molar-refractivity contribution in [1.29, 1.82) is 0 Å². The highest BCUT2D eigenvalue weighted by molar-refractivity contribution is 7.23. The largest absolute Gasteiger partial charge is 0.255 e. The van der Waals surface area contributed by atoms with Gasteiger partial charge < -0.3 is 0 Å². The molecule has 0 saturated carbocycles. The van der Waals surface area contributed by atoms with Crippen molar-refractivity contribution in [3.8, 4) is 21.7 Å². The van der Waals surface area contributed by atoms with Crippen LogP contribution in [0.1, 0.15) is 49.4 Å². The van der Waals surface area contributed by atoms with Gasteiger partial charge in [0.15, 0.2) is 0 Å². The molecule has 0 aliphatic heterocycles. The smallest absolute Gasteiger partial charge is 0.252 e. The Morgan fingerprint density at radius 2 is 1.69 bits per heavy atom. The van der Waals surface area contributed by atoms with E-state index in [1.807, 2.05) is 18.3 Å². The number of aryl methyl sites for hydroxylation is 2. The Kier molecular flexibility index (Phi) is 5.31. The molecule has 36 heavy (non-hydrogen) atoms. The molecule has 3 aromatic carbocycles. The number of hydrogen-bond donors (Lipinski definition) is 0. The van der Waals surface area contributed by atoms with Crippen LogP contribution in [-0.4, -0.2) is 10.9 Å². The first-order chi connectivity index (χ1) is 17.1. The van der Waals surface area contributed by atoms with Crippen LogP contribution in [0.4, 0.5) is 8.78 Å². The Morgan fingerprint density at radius 3 is 2.50 bits per heavy atom. The fourth-order valence-corrected chi connectivity index (χ4v) is 6.87. The van der Waals surface area contributed by atoms with E-state index in [1.165, 1.54) is 27.3 Å². The monoisotopic (exact) mass is 497 g/mol. The van der Waals surface area contributed by atoms with E-state index >= 15 is 0 Å². The molecule has 6 rings (SSSR count). The van der Waals surface area contributed by atoms with Gasteiger partial charge in [-0.15, -0.1) is 11.3 Å². The number of thiophene rings is 1. The van der Waals surface area contributed by atoms with Crippen molar-refractivity contribution in [1.82, 2.24) is 4.98 Å². The molecule has 0 fully saturated rings. The van der Waals surface area contributed by atoms with Crippen molar-refractivity contribution in [2.45, 2.75) is 58.3 Å². The number of aromatic nitrogens is 1. The molecule has 0 atom stereocenters. The second-order valence-corrected chi connectivity index (χ2v) is 12.1. The van der Waals surface area contributed by atoms with Gasteiger partial charge >= 0.3 is 0 Å². The second kappa shape index (κ2) is 8.21. The summed E-state index contributed by atoms with van der Waals surface area (Å²) in [6, 6.07) is 21.3. The standard InChI is InChI=1S/C32H29F2NS/c1-19-25-12-14-35-28(23-15-21-7-5-6-8-26(21)27(17-23)31(2,3)4)30(25)36-29(19)22-10-9-20-11-13-32(33,34)18-24(20)16-22/h5-10,12,14-17H,11,13,18H2,1-4H3. The van der Waals surface area contributed by atoms with Crippen molar-refractivity contribution < 1.29 is 8.78 Å². The quantitative estimate of drug-likeness (QED) is 0.237. The van der Waals surface area contributed by atoms with E-state index in [0.29, 0.717) is 6.42 Å². The van der Waals surface area contributed by atoms with E-state index in [2.05, 4.69) is 76.2 Å². The van der Waals surface area contributed by atoms with Crippen LogP contribution in [0.25, 0.3) is 42.6 Å². The molecular formula is C32H29F2NS. The summed E-state index contributed by atoms with van der Waals surface area (Å²) in [5, 5.41) is 3.66. The molecule has 5 aromatic rings. The Hall–Kier alpha value is -3.11. The number of alkyl halides is 2. The number of nitrogens with zero attached hydrogens (tertiary/aromatic N) is 1. The van der Waals surface area contributed by atoms with Gasteiger partial charge in [0.25, 0.3) is 5.92 Å². The summed E-state index contributed by atoms with van der Waals surface area (Å²) in [5.74, 6) is -2.61. The Labute approximate surface area is 214 Å². The maximum absolute atomic E-state index is 14.1. The summed E-state index contributed by atoms with van der Waals surface area (Å²) >= 11 is 1.72. The van der Waals surface area contributed by atoms with Gasteiger partial charge in [-0.1, -0.05) is 57.2 Å². The van der Waals surface area contributed by atoms with Gasteiger partial charge in [-0.05, 0) is 87.0 Å². The molecule has 1 nitrogen and oxygen atoms in total. The predicted octanol–water partition coefficient (Wildman–Crippen LogP) is 9.51. The number of fused-ring (bicyclic) bond motifs is 3. The molecule has 0 spiro atoms. The first-order valence-corrected chi connectivity index (χ1v) is 13.3. The minimum absolute atomic E-state index is 0.00870. The lowest BCUT2D eigenvalue weighted by molar-refractivity contribution is -0.0122. The number of hydrogen-bond acceptors (Lipinski definition) is 2. The van der Waals surface area contributed by atoms with Gasteiger partial charge in [0.05, 0.1) is 10.4 Å². The summed E-state index contributed by atoms with van der Waals surface area (Å²) in [6.07, 6.45) is 2.11. The first-order valence-electron chi connectivity index (χ1n) is 12.5. The summed E-state index contributed by atoms with van der Waals surface area (Å²) < 4.78 is 29.4. The molecular weight excluding hydrogens is 468 g/mol. The molecule has 0 unspecified atom stereocenters. The fourth-order valence-electron chi connectivity index (χ4n) is 5.56. The molecule has 182 valence electrons. The van der Waals surface area contributed by atoms with Gasteiger partial charge in [-0.2, -0.15) is 0 Å². The van der Waals surface area contributed by atoms with Crippen LogP contribution in [0, 0.1) is 6.92 Å². The summed E-state index contributed by atoms with van der Waals surface area (Å²) in [7, 11) is 0. The second-order valence-electron chi connectivity index (χ2n) is 11.1. The molecule has 2 aromatic heterocycles. The molecule has 1 aliphatic carbocycles. The van der Waals surface area contributed by atoms with E-state index in [4.69, 9.17) is 4.98 Å². The minimum atomic E-state index is -2.61. The minimum Gasteiger partial charge on any atom is -0.255 e. The predicted molar refractivity (Wildman–Crippen MR) is 148 cm³/mol. The maximum Gasteiger partial charge on any atom is 0.252 e. The van der Waals surface area contributed by atoms with E-state index in [0.717, 1.165) is 37.5 Å². The molecule has 0 amide bonds. The molecule has 0 bridgehead atoms. The van der Waals surface area contributed by atoms with Crippen molar-refractivity contribution in [2.75, 3.05) is 0 Å². The van der Waals surface area contributed by atoms with Crippen LogP contribution in [0.15, 0.2) is 66.9 Å². The summed E-state index contributed by atoms with van der Waals surface area (Å²) in [4.78, 5) is 5.99. The van der Waals surface area contributed by atoms with Crippen molar-refractivity contribution in [2.24, 2.45) is 0 Å². The number of pyridine rings is 1. The van der Waals surface area contributed by atoms with E-state index in [9.17, 15) is 8.78 Å². The average molecular weight is 498 g/mol. The summed E-state index contributed by atoms with van der Waals surface area (Å²) in [6.45, 7) is 8.88. The molecule has 2 heterocycles. The van der Waals surface area contributed by atoms with Gasteiger partial charge in [-0.3, -0.25) is 4.98 Å². The van der Waals surface area contributed by atoms with E-state index < -0.39 is 5.92 Å². The number of halogens is 2. The Bertz CT molecular complexity index is 1640. The summed E-state index contributed by atoms with van der Waals surface area (Å²) in [5.41, 5.74) is 7.42. The third-order valence-corrected chi connectivity index (χ3v) is 8.84. The lowest BCUT2D eigenvalue weighted by atomic mass is 9.82. The zero-order valence-electron chi connectivity index (χ0n) is 21.1. The van der Waals surface area contributed by atoms with Crippen molar-refractivity contribution in [3.63, 3.8) is 0 Å². The maximum atomic E-state index is 14.1. The lowest BCUT2D eigenvalue weighted by Crippen LogP contribution is -2.25. The third kappa shape index (κ3) is 3.92. The Morgan fingerprint density at radius 1 is 0.889 bits per heavy atom. The first kappa shape index (κ1) is 23.3. The number of benzene rings is 3. The van der Waals surface area contributed by atoms with Gasteiger partial charge in [-0.25, -0.2) is 8.78 Å². The molecule has 1 aliphatic rings. The van der Waals surface area contributed by atoms with Crippen LogP contribution < -0.4 is 0 Å². The average Bonchev–Trinajstić information content (AvgIpc) is 3.18. The van der Waals surface area contributed by atoms with Crippen molar-refractivity contribution >= 4 is 32.2 Å². The van der Waals surface area contributed by atoms with E-state index in [-0.39, 0.29) is 18.3 Å². The topological polar surface area (TPSA) is 12.9 Å². The van der Waals surface area contributed by atoms with E-state index in [1.54, 1.807) is 11.3 Å². The van der Waals surface area contributed by atoms with Crippen LogP contribution in [0.2, 0.25) is 0 Å².